The number of fused-ring (bicyclic) bond motifs is 1. The minimum atomic E-state index is -0.330. The number of nitrogens with one attached hydrogen (secondary N) is 1. The first kappa shape index (κ1) is 17.0. The van der Waals surface area contributed by atoms with Gasteiger partial charge in [0.2, 0.25) is 5.91 Å². The molecule has 1 aromatic carbocycles. The van der Waals surface area contributed by atoms with Crippen molar-refractivity contribution >= 4 is 38.9 Å². The smallest absolute Gasteiger partial charge is 0.262 e. The monoisotopic (exact) mass is 355 g/mol. The molecule has 2 heterocycles. The first-order chi connectivity index (χ1) is 11.9. The van der Waals surface area contributed by atoms with Crippen molar-refractivity contribution in [1.82, 2.24) is 9.55 Å². The summed E-state index contributed by atoms with van der Waals surface area (Å²) in [5.41, 5.74) is 1.84. The van der Waals surface area contributed by atoms with Crippen LogP contribution in [0.2, 0.25) is 0 Å². The molecular weight excluding hydrogens is 338 g/mol. The van der Waals surface area contributed by atoms with E-state index in [2.05, 4.69) is 10.3 Å². The topological polar surface area (TPSA) is 81.1 Å². The number of rotatable bonds is 4. The zero-order valence-corrected chi connectivity index (χ0v) is 14.9. The zero-order chi connectivity index (χ0) is 18.1. The number of amides is 1. The lowest BCUT2D eigenvalue weighted by Crippen LogP contribution is -2.27. The van der Waals surface area contributed by atoms with Gasteiger partial charge in [0.05, 0.1) is 11.7 Å². The van der Waals surface area contributed by atoms with Crippen molar-refractivity contribution in [2.75, 3.05) is 5.32 Å². The number of benzene rings is 1. The molecule has 0 saturated heterocycles. The highest BCUT2D eigenvalue weighted by Crippen LogP contribution is 2.25. The van der Waals surface area contributed by atoms with Crippen LogP contribution in [-0.2, 0) is 11.3 Å². The maximum Gasteiger partial charge on any atom is 0.262 e. The largest absolute Gasteiger partial charge is 0.325 e. The molecule has 128 valence electrons. The lowest BCUT2D eigenvalue weighted by atomic mass is 10.1. The van der Waals surface area contributed by atoms with Crippen LogP contribution in [0.25, 0.3) is 10.2 Å². The summed E-state index contributed by atoms with van der Waals surface area (Å²) < 4.78 is 1.31. The van der Waals surface area contributed by atoms with E-state index in [1.807, 2.05) is 13.8 Å². The van der Waals surface area contributed by atoms with E-state index in [0.717, 1.165) is 10.4 Å². The van der Waals surface area contributed by atoms with Crippen molar-refractivity contribution in [3.63, 3.8) is 0 Å². The second kappa shape index (κ2) is 6.60. The number of carbonyl (C=O) groups is 2. The number of ketones is 1. The van der Waals surface area contributed by atoms with Gasteiger partial charge in [-0.15, -0.1) is 11.3 Å². The van der Waals surface area contributed by atoms with Crippen LogP contribution in [0.15, 0.2) is 35.4 Å². The van der Waals surface area contributed by atoms with Crippen molar-refractivity contribution in [2.24, 2.45) is 0 Å². The highest BCUT2D eigenvalue weighted by atomic mass is 32.1. The standard InChI is InChI=1S/C18H17N3O3S/c1-10-12(3)25-17-16(10)18(24)21(9-19-17)8-15(23)20-14-6-4-13(5-7-14)11(2)22/h4-7,9H,8H2,1-3H3,(H,20,23). The third kappa shape index (κ3) is 3.36. The summed E-state index contributed by atoms with van der Waals surface area (Å²) in [6.45, 7) is 5.20. The van der Waals surface area contributed by atoms with E-state index in [4.69, 9.17) is 0 Å². The minimum absolute atomic E-state index is 0.0368. The second-order valence-electron chi connectivity index (χ2n) is 5.82. The van der Waals surface area contributed by atoms with Crippen molar-refractivity contribution in [1.29, 1.82) is 0 Å². The number of aromatic nitrogens is 2. The molecule has 3 aromatic rings. The maximum absolute atomic E-state index is 12.6. The van der Waals surface area contributed by atoms with Crippen molar-refractivity contribution in [3.05, 3.63) is 57.0 Å². The van der Waals surface area contributed by atoms with E-state index in [0.29, 0.717) is 21.5 Å². The molecule has 0 bridgehead atoms. The number of thiophene rings is 1. The molecule has 0 spiro atoms. The van der Waals surface area contributed by atoms with E-state index in [1.165, 1.54) is 29.2 Å². The van der Waals surface area contributed by atoms with Crippen LogP contribution in [0, 0.1) is 13.8 Å². The zero-order valence-electron chi connectivity index (χ0n) is 14.1. The van der Waals surface area contributed by atoms with Gasteiger partial charge in [0.15, 0.2) is 5.78 Å². The Morgan fingerprint density at radius 1 is 1.20 bits per heavy atom. The SMILES string of the molecule is CC(=O)c1ccc(NC(=O)Cn2cnc3sc(C)c(C)c3c2=O)cc1. The van der Waals surface area contributed by atoms with Crippen LogP contribution in [-0.4, -0.2) is 21.2 Å². The number of nitrogens with zero attached hydrogens (tertiary/aromatic N) is 2. The predicted octanol–water partition coefficient (Wildman–Crippen LogP) is 2.92. The van der Waals surface area contributed by atoms with E-state index in [-0.39, 0.29) is 23.8 Å². The first-order valence-electron chi connectivity index (χ1n) is 7.73. The molecule has 2 aromatic heterocycles. The van der Waals surface area contributed by atoms with Gasteiger partial charge in [0.25, 0.3) is 5.56 Å². The normalized spacial score (nSPS) is 10.8. The minimum Gasteiger partial charge on any atom is -0.325 e. The van der Waals surface area contributed by atoms with Crippen LogP contribution in [0.5, 0.6) is 0 Å². The number of aryl methyl sites for hydroxylation is 2. The average molecular weight is 355 g/mol. The number of Topliss-reactive ketones (excluding diaryl/α,β-unsaturated/α-hetero) is 1. The van der Waals surface area contributed by atoms with Crippen molar-refractivity contribution < 1.29 is 9.59 Å². The Hall–Kier alpha value is -2.80. The second-order valence-corrected chi connectivity index (χ2v) is 7.03. The summed E-state index contributed by atoms with van der Waals surface area (Å²) in [7, 11) is 0. The molecule has 7 heteroatoms. The highest BCUT2D eigenvalue weighted by molar-refractivity contribution is 7.18. The predicted molar refractivity (Wildman–Crippen MR) is 98.4 cm³/mol. The Morgan fingerprint density at radius 3 is 2.52 bits per heavy atom. The Morgan fingerprint density at radius 2 is 1.88 bits per heavy atom. The van der Waals surface area contributed by atoms with Gasteiger partial charge in [0, 0.05) is 16.1 Å². The highest BCUT2D eigenvalue weighted by Gasteiger charge is 2.13. The van der Waals surface area contributed by atoms with Gasteiger partial charge in [-0.3, -0.25) is 19.0 Å². The number of hydrogen-bond donors (Lipinski definition) is 1. The number of anilines is 1. The van der Waals surface area contributed by atoms with Gasteiger partial charge in [-0.1, -0.05) is 0 Å². The first-order valence-corrected chi connectivity index (χ1v) is 8.54. The van der Waals surface area contributed by atoms with E-state index < -0.39 is 0 Å². The Kier molecular flexibility index (Phi) is 4.50. The van der Waals surface area contributed by atoms with Gasteiger partial charge in [-0.05, 0) is 50.6 Å². The molecule has 0 aliphatic rings. The fourth-order valence-electron chi connectivity index (χ4n) is 2.53. The molecule has 25 heavy (non-hydrogen) atoms. The van der Waals surface area contributed by atoms with E-state index in [9.17, 15) is 14.4 Å². The van der Waals surface area contributed by atoms with Crippen LogP contribution in [0.4, 0.5) is 5.69 Å². The van der Waals surface area contributed by atoms with Crippen molar-refractivity contribution in [2.45, 2.75) is 27.3 Å². The van der Waals surface area contributed by atoms with Crippen LogP contribution in [0.1, 0.15) is 27.7 Å². The van der Waals surface area contributed by atoms with E-state index in [1.54, 1.807) is 24.3 Å². The van der Waals surface area contributed by atoms with Crippen LogP contribution < -0.4 is 10.9 Å². The summed E-state index contributed by atoms with van der Waals surface area (Å²) >= 11 is 1.47. The summed E-state index contributed by atoms with van der Waals surface area (Å²) in [4.78, 5) is 42.1. The molecule has 1 amide bonds. The molecule has 3 rings (SSSR count). The lowest BCUT2D eigenvalue weighted by molar-refractivity contribution is -0.116. The van der Waals surface area contributed by atoms with Gasteiger partial charge >= 0.3 is 0 Å². The number of hydrogen-bond acceptors (Lipinski definition) is 5. The van der Waals surface area contributed by atoms with Gasteiger partial charge < -0.3 is 5.32 Å². The molecule has 0 aliphatic carbocycles. The van der Waals surface area contributed by atoms with Gasteiger partial charge in [-0.2, -0.15) is 0 Å². The molecule has 0 radical (unpaired) electrons. The molecule has 0 atom stereocenters. The van der Waals surface area contributed by atoms with Crippen LogP contribution >= 0.6 is 11.3 Å². The Balaban J connectivity index is 1.80. The third-order valence-corrected chi connectivity index (χ3v) is 5.16. The van der Waals surface area contributed by atoms with Crippen LogP contribution in [0.3, 0.4) is 0 Å². The quantitative estimate of drug-likeness (QED) is 0.730. The molecule has 0 saturated carbocycles. The molecule has 1 N–H and O–H groups in total. The number of carbonyl (C=O) groups excluding carboxylic acids is 2. The summed E-state index contributed by atoms with van der Waals surface area (Å²) in [5, 5.41) is 3.29. The lowest BCUT2D eigenvalue weighted by Gasteiger charge is -2.08. The van der Waals surface area contributed by atoms with Crippen molar-refractivity contribution in [3.8, 4) is 0 Å². The average Bonchev–Trinajstić information content (AvgIpc) is 2.86. The summed E-state index contributed by atoms with van der Waals surface area (Å²) in [5.74, 6) is -0.367. The molecule has 0 unspecified atom stereocenters. The molecular formula is C18H17N3O3S. The van der Waals surface area contributed by atoms with Gasteiger partial charge in [-0.25, -0.2) is 4.98 Å². The molecule has 0 aliphatic heterocycles. The fourth-order valence-corrected chi connectivity index (χ4v) is 3.51. The Bertz CT molecular complexity index is 1030. The summed E-state index contributed by atoms with van der Waals surface area (Å²) in [6.07, 6.45) is 1.40. The van der Waals surface area contributed by atoms with E-state index >= 15 is 0 Å². The van der Waals surface area contributed by atoms with Gasteiger partial charge in [0.1, 0.15) is 11.4 Å². The third-order valence-electron chi connectivity index (χ3n) is 4.04. The molecule has 6 nitrogen and oxygen atoms in total. The molecule has 0 fully saturated rings. The maximum atomic E-state index is 12.6. The Labute approximate surface area is 148 Å². The fraction of sp³-hybridized carbons (Fsp3) is 0.222. The summed E-state index contributed by atoms with van der Waals surface area (Å²) in [6, 6.07) is 6.61.